The summed E-state index contributed by atoms with van der Waals surface area (Å²) in [5, 5.41) is 0. The molecule has 0 aliphatic rings. The van der Waals surface area contributed by atoms with Crippen molar-refractivity contribution in [2.75, 3.05) is 0 Å². The van der Waals surface area contributed by atoms with Crippen LogP contribution in [0.15, 0.2) is 12.7 Å². The molecule has 0 unspecified atom stereocenters. The number of hydrogen-bond acceptors (Lipinski definition) is 0. The van der Waals surface area contributed by atoms with E-state index in [9.17, 15) is 22.0 Å². The molecular formula is C4H4F5Na. The molecule has 0 aromatic heterocycles. The predicted octanol–water partition coefficient (Wildman–Crippen LogP) is 1.72. The molecule has 0 fully saturated rings. The molecule has 0 aliphatic carbocycles. The summed E-state index contributed by atoms with van der Waals surface area (Å²) in [4.78, 5) is 0. The van der Waals surface area contributed by atoms with Crippen molar-refractivity contribution in [3.63, 3.8) is 0 Å². The molecule has 0 aliphatic heterocycles. The molecular weight excluding hydrogens is 166 g/mol. The average Bonchev–Trinajstić information content (AvgIpc) is 1.64. The fourth-order valence-electron chi connectivity index (χ4n) is 0.116. The van der Waals surface area contributed by atoms with Crippen LogP contribution in [0.25, 0.3) is 0 Å². The summed E-state index contributed by atoms with van der Waals surface area (Å²) in [6.07, 6.45) is -5.94. The van der Waals surface area contributed by atoms with Gasteiger partial charge in [0.1, 0.15) is 0 Å². The predicted molar refractivity (Wildman–Crippen MR) is 28.3 cm³/mol. The Hall–Kier alpha value is 0.390. The van der Waals surface area contributed by atoms with Gasteiger partial charge in [0.2, 0.25) is 0 Å². The first-order valence-electron chi connectivity index (χ1n) is 1.89. The molecule has 0 amide bonds. The maximum atomic E-state index is 11.4. The van der Waals surface area contributed by atoms with Gasteiger partial charge in [0.25, 0.3) is 0 Å². The molecule has 6 heteroatoms. The van der Waals surface area contributed by atoms with E-state index < -0.39 is 18.2 Å². The van der Waals surface area contributed by atoms with Crippen molar-refractivity contribution < 1.29 is 22.0 Å². The monoisotopic (exact) mass is 170 g/mol. The summed E-state index contributed by atoms with van der Waals surface area (Å²) in [7, 11) is 0. The second-order valence-corrected chi connectivity index (χ2v) is 1.32. The van der Waals surface area contributed by atoms with Crippen molar-refractivity contribution in [2.45, 2.75) is 12.1 Å². The van der Waals surface area contributed by atoms with Crippen molar-refractivity contribution in [2.24, 2.45) is 0 Å². The van der Waals surface area contributed by atoms with Crippen molar-refractivity contribution in [1.29, 1.82) is 0 Å². The van der Waals surface area contributed by atoms with Crippen LogP contribution in [0.5, 0.6) is 0 Å². The normalized spacial score (nSPS) is 12.1. The van der Waals surface area contributed by atoms with Crippen LogP contribution in [0.4, 0.5) is 22.0 Å². The summed E-state index contributed by atoms with van der Waals surface area (Å²) in [6.45, 7) is 2.33. The van der Waals surface area contributed by atoms with Crippen LogP contribution in [0.1, 0.15) is 0 Å². The zero-order valence-electron chi connectivity index (χ0n) is 4.17. The fraction of sp³-hybridized carbons (Fsp3) is 0.500. The zero-order valence-corrected chi connectivity index (χ0v) is 4.17. The van der Waals surface area contributed by atoms with Gasteiger partial charge in [-0.1, -0.05) is 6.58 Å². The van der Waals surface area contributed by atoms with Gasteiger partial charge in [0.05, 0.1) is 0 Å². The Morgan fingerprint density at radius 1 is 1.00 bits per heavy atom. The maximum absolute atomic E-state index is 11.4. The summed E-state index contributed by atoms with van der Waals surface area (Å²) in [5.41, 5.74) is 0. The van der Waals surface area contributed by atoms with E-state index in [0.717, 1.165) is 0 Å². The molecule has 0 aromatic carbocycles. The molecule has 0 atom stereocenters. The van der Waals surface area contributed by atoms with Crippen LogP contribution in [0.3, 0.4) is 0 Å². The molecule has 0 bridgehead atoms. The average molecular weight is 170 g/mol. The van der Waals surface area contributed by atoms with Crippen LogP contribution in [-0.4, -0.2) is 41.7 Å². The molecule has 10 heavy (non-hydrogen) atoms. The minimum absolute atomic E-state index is 0. The Morgan fingerprint density at radius 3 is 1.30 bits per heavy atom. The number of allylic oxidation sites excluding steroid dienone is 1. The number of hydrogen-bond donors (Lipinski definition) is 0. The van der Waals surface area contributed by atoms with Crippen molar-refractivity contribution in [3.8, 4) is 0 Å². The van der Waals surface area contributed by atoms with Crippen LogP contribution in [-0.2, 0) is 0 Å². The second-order valence-electron chi connectivity index (χ2n) is 1.32. The molecule has 0 nitrogen and oxygen atoms in total. The Balaban J connectivity index is 0. The van der Waals surface area contributed by atoms with Gasteiger partial charge in [-0.3, -0.25) is 0 Å². The Kier molecular flexibility index (Phi) is 4.80. The fourth-order valence-corrected chi connectivity index (χ4v) is 0.116. The van der Waals surface area contributed by atoms with Crippen LogP contribution in [0.2, 0.25) is 0 Å². The molecule has 0 aromatic rings. The molecule has 0 N–H and O–H groups in total. The SMILES string of the molecule is C=CC(F)(F)C(F)(F)F.[NaH]. The Morgan fingerprint density at radius 2 is 1.30 bits per heavy atom. The van der Waals surface area contributed by atoms with Gasteiger partial charge in [0, 0.05) is 0 Å². The molecule has 0 spiro atoms. The molecule has 0 saturated carbocycles. The van der Waals surface area contributed by atoms with Gasteiger partial charge in [-0.2, -0.15) is 22.0 Å². The molecule has 0 saturated heterocycles. The number of rotatable bonds is 1. The standard InChI is InChI=1S/C4H3F5.Na.H/c1-2-3(5,6)4(7,8)9;;/h2H,1H2;;. The van der Waals surface area contributed by atoms with Gasteiger partial charge in [-0.15, -0.1) is 0 Å². The van der Waals surface area contributed by atoms with E-state index in [1.807, 2.05) is 0 Å². The van der Waals surface area contributed by atoms with Crippen LogP contribution in [0, 0.1) is 0 Å². The van der Waals surface area contributed by atoms with Crippen molar-refractivity contribution in [3.05, 3.63) is 12.7 Å². The molecule has 56 valence electrons. The third-order valence-electron chi connectivity index (χ3n) is 0.634. The van der Waals surface area contributed by atoms with E-state index in [1.165, 1.54) is 0 Å². The summed E-state index contributed by atoms with van der Waals surface area (Å²) in [5.74, 6) is -4.76. The zero-order chi connectivity index (χ0) is 7.71. The van der Waals surface area contributed by atoms with Crippen LogP contribution < -0.4 is 0 Å². The third-order valence-corrected chi connectivity index (χ3v) is 0.634. The number of alkyl halides is 5. The van der Waals surface area contributed by atoms with Gasteiger partial charge in [0.15, 0.2) is 0 Å². The van der Waals surface area contributed by atoms with E-state index in [-0.39, 0.29) is 29.6 Å². The van der Waals surface area contributed by atoms with E-state index in [2.05, 4.69) is 6.58 Å². The summed E-state index contributed by atoms with van der Waals surface area (Å²) < 4.78 is 55.9. The number of halogens is 5. The van der Waals surface area contributed by atoms with Crippen molar-refractivity contribution in [1.82, 2.24) is 0 Å². The topological polar surface area (TPSA) is 0 Å². The summed E-state index contributed by atoms with van der Waals surface area (Å²) >= 11 is 0. The van der Waals surface area contributed by atoms with Gasteiger partial charge in [-0.25, -0.2) is 0 Å². The Bertz CT molecular complexity index is 115. The van der Waals surface area contributed by atoms with Gasteiger partial charge >= 0.3 is 41.7 Å². The van der Waals surface area contributed by atoms with E-state index >= 15 is 0 Å². The second kappa shape index (κ2) is 3.69. The first kappa shape index (κ1) is 13.0. The van der Waals surface area contributed by atoms with E-state index in [1.54, 1.807) is 0 Å². The molecule has 0 heterocycles. The van der Waals surface area contributed by atoms with Gasteiger partial charge in [-0.05, 0) is 6.08 Å². The van der Waals surface area contributed by atoms with E-state index in [0.29, 0.717) is 0 Å². The molecule has 0 radical (unpaired) electrons. The first-order valence-corrected chi connectivity index (χ1v) is 1.89. The van der Waals surface area contributed by atoms with Crippen LogP contribution >= 0.6 is 0 Å². The van der Waals surface area contributed by atoms with Crippen molar-refractivity contribution >= 4 is 29.6 Å². The van der Waals surface area contributed by atoms with Gasteiger partial charge < -0.3 is 0 Å². The quantitative estimate of drug-likeness (QED) is 0.319. The first-order chi connectivity index (χ1) is 3.81. The summed E-state index contributed by atoms with van der Waals surface area (Å²) in [6, 6.07) is 0. The molecule has 0 rings (SSSR count). The third kappa shape index (κ3) is 2.98. The van der Waals surface area contributed by atoms with E-state index in [4.69, 9.17) is 0 Å². The minimum atomic E-state index is -5.51. The Labute approximate surface area is 76.4 Å².